The molecule has 1 aromatic carbocycles. The van der Waals surface area contributed by atoms with Gasteiger partial charge in [0.2, 0.25) is 0 Å². The number of hydrogen-bond acceptors (Lipinski definition) is 9. The molecule has 2 aliphatic rings. The Hall–Kier alpha value is -2.02. The number of nitrogens with one attached hydrogen (secondary N) is 2. The lowest BCUT2D eigenvalue weighted by molar-refractivity contribution is 0.00778. The van der Waals surface area contributed by atoms with Gasteiger partial charge in [-0.15, -0.1) is 0 Å². The first-order chi connectivity index (χ1) is 14.7. The topological polar surface area (TPSA) is 160 Å². The fraction of sp³-hybridized carbons (Fsp3) is 0.474. The second-order valence-electron chi connectivity index (χ2n) is 7.84. The van der Waals surface area contributed by atoms with Crippen LogP contribution < -0.4 is 15.8 Å². The van der Waals surface area contributed by atoms with Gasteiger partial charge in [-0.2, -0.15) is 8.42 Å². The van der Waals surface area contributed by atoms with Crippen LogP contribution >= 0.6 is 11.6 Å². The van der Waals surface area contributed by atoms with Gasteiger partial charge in [-0.05, 0) is 36.5 Å². The van der Waals surface area contributed by atoms with Gasteiger partial charge in [0.1, 0.15) is 24.1 Å². The predicted octanol–water partition coefficient (Wildman–Crippen LogP) is 0.972. The number of anilines is 2. The molecule has 0 saturated heterocycles. The zero-order chi connectivity index (χ0) is 22.2. The highest BCUT2D eigenvalue weighted by atomic mass is 35.5. The van der Waals surface area contributed by atoms with E-state index >= 15 is 0 Å². The van der Waals surface area contributed by atoms with E-state index in [9.17, 15) is 18.6 Å². The lowest BCUT2D eigenvalue weighted by Gasteiger charge is -2.19. The Balaban J connectivity index is 1.41. The van der Waals surface area contributed by atoms with E-state index in [-0.39, 0.29) is 19.1 Å². The Morgan fingerprint density at radius 3 is 2.68 bits per heavy atom. The van der Waals surface area contributed by atoms with Crippen molar-refractivity contribution < 1.29 is 22.8 Å². The van der Waals surface area contributed by atoms with Gasteiger partial charge >= 0.3 is 10.3 Å². The fourth-order valence-corrected chi connectivity index (χ4v) is 4.90. The van der Waals surface area contributed by atoms with Crippen LogP contribution in [0, 0.1) is 5.92 Å². The number of fused-ring (bicyclic) bond motifs is 1. The van der Waals surface area contributed by atoms with Crippen LogP contribution in [0.5, 0.6) is 0 Å². The maximum absolute atomic E-state index is 11.0. The van der Waals surface area contributed by atoms with E-state index in [0.717, 1.165) is 29.0 Å². The third-order valence-electron chi connectivity index (χ3n) is 5.78. The molecule has 0 radical (unpaired) electrons. The molecule has 5 atom stereocenters. The van der Waals surface area contributed by atoms with E-state index in [4.69, 9.17) is 16.7 Å². The molecule has 168 valence electrons. The molecule has 0 bridgehead atoms. The molecule has 31 heavy (non-hydrogen) atoms. The lowest BCUT2D eigenvalue weighted by atomic mass is 10.1. The van der Waals surface area contributed by atoms with Crippen LogP contribution in [0.4, 0.5) is 11.6 Å². The van der Waals surface area contributed by atoms with E-state index in [1.807, 2.05) is 18.2 Å². The minimum Gasteiger partial charge on any atom is -0.390 e. The summed E-state index contributed by atoms with van der Waals surface area (Å²) in [6.45, 7) is -0.310. The van der Waals surface area contributed by atoms with Crippen molar-refractivity contribution in [2.75, 3.05) is 17.2 Å². The van der Waals surface area contributed by atoms with Crippen molar-refractivity contribution in [3.8, 4) is 0 Å². The molecule has 2 aromatic rings. The van der Waals surface area contributed by atoms with Crippen molar-refractivity contribution in [3.05, 3.63) is 46.7 Å². The highest BCUT2D eigenvalue weighted by Crippen LogP contribution is 2.37. The number of aromatic nitrogens is 2. The maximum Gasteiger partial charge on any atom is 0.333 e. The van der Waals surface area contributed by atoms with E-state index in [0.29, 0.717) is 11.6 Å². The van der Waals surface area contributed by atoms with Gasteiger partial charge in [-0.25, -0.2) is 15.1 Å². The number of aliphatic hydroxyl groups excluding tert-OH is 2. The van der Waals surface area contributed by atoms with Crippen LogP contribution in [0.1, 0.15) is 30.0 Å². The smallest absolute Gasteiger partial charge is 0.333 e. The van der Waals surface area contributed by atoms with Crippen LogP contribution in [0.3, 0.4) is 0 Å². The third-order valence-corrected chi connectivity index (χ3v) is 6.60. The van der Waals surface area contributed by atoms with Crippen LogP contribution in [0.2, 0.25) is 5.02 Å². The number of aliphatic hydroxyl groups is 2. The number of nitrogens with zero attached hydrogens (tertiary/aromatic N) is 2. The van der Waals surface area contributed by atoms with Crippen LogP contribution in [0.25, 0.3) is 0 Å². The summed E-state index contributed by atoms with van der Waals surface area (Å²) in [7, 11) is -4.12. The van der Waals surface area contributed by atoms with E-state index in [2.05, 4.69) is 24.8 Å². The molecule has 1 saturated carbocycles. The van der Waals surface area contributed by atoms with Crippen molar-refractivity contribution in [2.24, 2.45) is 11.1 Å². The minimum absolute atomic E-state index is 0.0788. The van der Waals surface area contributed by atoms with Gasteiger partial charge in [0.25, 0.3) is 0 Å². The molecule has 1 fully saturated rings. The molecule has 0 amide bonds. The van der Waals surface area contributed by atoms with Gasteiger partial charge in [0, 0.05) is 17.0 Å². The van der Waals surface area contributed by atoms with Crippen molar-refractivity contribution in [1.29, 1.82) is 0 Å². The summed E-state index contributed by atoms with van der Waals surface area (Å²) in [6.07, 6.45) is 1.18. The Labute approximate surface area is 185 Å². The largest absolute Gasteiger partial charge is 0.390 e. The number of halogens is 1. The van der Waals surface area contributed by atoms with Crippen molar-refractivity contribution >= 4 is 33.5 Å². The second-order valence-corrected chi connectivity index (χ2v) is 9.47. The molecule has 0 aliphatic heterocycles. The van der Waals surface area contributed by atoms with E-state index in [1.54, 1.807) is 6.07 Å². The standard InChI is InChI=1S/C19H24ClN5O5S/c20-13-3-1-2-12-11(13)4-5-14(12)24-16-7-17(23-9-22-16)25-15-6-10(18(26)19(15)27)8-30-31(21,28)29/h1-3,7,9-10,14-15,18-19,26-27H,4-6,8H2,(H2,21,28,29)(H2,22,23,24,25)/t10-,14+,15-,18-,19+/m1/s1. The number of benzene rings is 1. The molecule has 10 nitrogen and oxygen atoms in total. The van der Waals surface area contributed by atoms with Crippen molar-refractivity contribution in [3.63, 3.8) is 0 Å². The lowest BCUT2D eigenvalue weighted by Crippen LogP contribution is -2.36. The van der Waals surface area contributed by atoms with Crippen LogP contribution in [0.15, 0.2) is 30.6 Å². The molecular weight excluding hydrogens is 446 g/mol. The molecule has 1 aromatic heterocycles. The molecule has 6 N–H and O–H groups in total. The normalized spacial score (nSPS) is 27.8. The summed E-state index contributed by atoms with van der Waals surface area (Å²) in [5.41, 5.74) is 2.29. The van der Waals surface area contributed by atoms with Gasteiger partial charge in [0.15, 0.2) is 0 Å². The Morgan fingerprint density at radius 1 is 1.19 bits per heavy atom. The summed E-state index contributed by atoms with van der Waals surface area (Å²) < 4.78 is 26.5. The SMILES string of the molecule is NS(=O)(=O)OC[C@H]1C[C@@H](Nc2cc(N[C@H]3CCc4c(Cl)cccc43)ncn2)[C@H](O)[C@@H]1O. The molecule has 12 heteroatoms. The quantitative estimate of drug-likeness (QED) is 0.398. The molecule has 0 spiro atoms. The summed E-state index contributed by atoms with van der Waals surface area (Å²) in [4.78, 5) is 8.45. The summed E-state index contributed by atoms with van der Waals surface area (Å²) >= 11 is 6.29. The van der Waals surface area contributed by atoms with Gasteiger partial charge < -0.3 is 20.8 Å². The first-order valence-corrected chi connectivity index (χ1v) is 11.7. The predicted molar refractivity (Wildman–Crippen MR) is 115 cm³/mol. The maximum atomic E-state index is 11.0. The zero-order valence-electron chi connectivity index (χ0n) is 16.5. The third kappa shape index (κ3) is 5.08. The van der Waals surface area contributed by atoms with Crippen molar-refractivity contribution in [1.82, 2.24) is 9.97 Å². The molecule has 0 unspecified atom stereocenters. The average Bonchev–Trinajstić information content (AvgIpc) is 3.24. The molecule has 4 rings (SSSR count). The highest BCUT2D eigenvalue weighted by Gasteiger charge is 2.42. The zero-order valence-corrected chi connectivity index (χ0v) is 18.1. The Kier molecular flexibility index (Phi) is 6.33. The molecule has 1 heterocycles. The number of rotatable bonds is 7. The number of hydrogen-bond donors (Lipinski definition) is 5. The highest BCUT2D eigenvalue weighted by molar-refractivity contribution is 7.84. The first-order valence-electron chi connectivity index (χ1n) is 9.87. The van der Waals surface area contributed by atoms with Gasteiger partial charge in [0.05, 0.1) is 24.8 Å². The average molecular weight is 470 g/mol. The van der Waals surface area contributed by atoms with Crippen LogP contribution in [-0.4, -0.2) is 53.5 Å². The minimum atomic E-state index is -4.12. The summed E-state index contributed by atoms with van der Waals surface area (Å²) in [5, 5.41) is 32.6. The molecular formula is C19H24ClN5O5S. The van der Waals surface area contributed by atoms with Crippen LogP contribution in [-0.2, 0) is 20.9 Å². The fourth-order valence-electron chi connectivity index (χ4n) is 4.26. The van der Waals surface area contributed by atoms with E-state index in [1.165, 1.54) is 6.33 Å². The van der Waals surface area contributed by atoms with Crippen molar-refractivity contribution in [2.45, 2.75) is 43.6 Å². The Bertz CT molecular complexity index is 1060. The van der Waals surface area contributed by atoms with Gasteiger partial charge in [-0.3, -0.25) is 4.18 Å². The Morgan fingerprint density at radius 2 is 1.94 bits per heavy atom. The first kappa shape index (κ1) is 22.2. The summed E-state index contributed by atoms with van der Waals surface area (Å²) in [5.74, 6) is 0.480. The van der Waals surface area contributed by atoms with Gasteiger partial charge in [-0.1, -0.05) is 23.7 Å². The number of nitrogens with two attached hydrogens (primary N) is 1. The second kappa shape index (κ2) is 8.85. The van der Waals surface area contributed by atoms with E-state index < -0.39 is 34.5 Å². The molecule has 2 aliphatic carbocycles. The summed E-state index contributed by atoms with van der Waals surface area (Å²) in [6, 6.07) is 7.12. The monoisotopic (exact) mass is 469 g/mol.